The number of unbranched alkanes of at least 4 members (excludes halogenated alkanes) is 8. The third kappa shape index (κ3) is 87.0. The Bertz CT molecular complexity index is 4200. The van der Waals surface area contributed by atoms with Gasteiger partial charge < -0.3 is 94.2 Å². The number of aliphatic hydroxyl groups excluding tert-OH is 3. The molecule has 2 heterocycles. The molecule has 0 bridgehead atoms. The maximum Gasteiger partial charge on any atom is 1.00 e. The van der Waals surface area contributed by atoms with Crippen LogP contribution in [0.15, 0.2) is 140 Å². The average Bonchev–Trinajstić information content (AvgIpc) is 1.61. The zero-order chi connectivity index (χ0) is 105. The Morgan fingerprint density at radius 3 is 0.964 bits per heavy atom. The number of halogens is 3. The van der Waals surface area contributed by atoms with E-state index in [1.807, 2.05) is 82.3 Å². The molecular formula is C100H133Cl3LiN4O27Re4-10. The molecule has 775 valence electrons. The number of allylic oxidation sites excluding steroid dienone is 4. The standard InChI is InChI=1S/C32H39ClN2O3.C26H31ClN2O2.2C6H10O2.C5H6.C5H5.C2H4O2.CO2.3CH4O.6CHO.5CO.3CH3.ClH.Li.4Re.H/c1-22-13-18-30-29(20-22)28(23(2)35(30)32(38)25-14-16-26(33)17-15-25)21-27(36)12-6-4-3-5-9-19-34-31(37)24-10-7-8-11-24;1-18-9-14-25-24(16-18)23(17-22(30)8-6-4-3-5-7-15-28)19(2)29(25)26(31)20-10-12-21(27)13-11-20;2*7-6(8)5-3-1-2-4-5;2*1-2-4-5-3-1;1-2(3)4;2-1-3;14*1-2;;;;;;;;;;/h13-18,20,24H,3-12,19,21H2,1-2H3,(H,34,37);9-14,16H,3-8,15,17,28H2,1-2H3;2*5H,1-4H2,(H,7,8);1-4H,5H2;1-5H;1H3,(H,3,4);;3*2H,1H3;6*1H;;;;;;3*1H3;1H;;;;;;/q;;;;;-1;;;;;;6*-1;;;;;;3*-1;;+1;;;;+1;-1/p-1. The van der Waals surface area contributed by atoms with Gasteiger partial charge in [-0.25, -0.2) is 12.1 Å². The Labute approximate surface area is 901 Å². The van der Waals surface area contributed by atoms with Crippen LogP contribution in [0.3, 0.4) is 0 Å². The number of nitrogens with zero attached hydrogens (tertiary/aromatic N) is 2. The van der Waals surface area contributed by atoms with E-state index in [9.17, 15) is 33.6 Å². The molecule has 3 saturated carbocycles. The van der Waals surface area contributed by atoms with Gasteiger partial charge in [-0.2, -0.15) is 27.8 Å². The second kappa shape index (κ2) is 134. The molecule has 4 aliphatic carbocycles. The Hall–Kier alpha value is -8.59. The minimum Gasteiger partial charge on any atom is -1.00 e. The number of amides is 1. The number of fused-ring (bicyclic) bond motifs is 2. The number of aliphatic carboxylic acids is 3. The first kappa shape index (κ1) is 176. The van der Waals surface area contributed by atoms with E-state index in [1.54, 1.807) is 57.7 Å². The van der Waals surface area contributed by atoms with Crippen LogP contribution in [0.4, 0.5) is 0 Å². The van der Waals surface area contributed by atoms with Crippen LogP contribution in [0.1, 0.15) is 223 Å². The predicted octanol–water partition coefficient (Wildman–Crippen LogP) is 14.4. The average molecular weight is 2680 g/mol. The van der Waals surface area contributed by atoms with Crippen LogP contribution >= 0.6 is 32.7 Å². The van der Waals surface area contributed by atoms with Crippen LogP contribution in [-0.2, 0) is 183 Å². The molecule has 0 spiro atoms. The van der Waals surface area contributed by atoms with E-state index < -0.39 is 17.9 Å². The van der Waals surface area contributed by atoms with E-state index in [2.05, 4.69) is 116 Å². The summed E-state index contributed by atoms with van der Waals surface area (Å²) >= 11 is 13.2. The van der Waals surface area contributed by atoms with Gasteiger partial charge >= 0.3 is 121 Å². The zero-order valence-electron chi connectivity index (χ0n) is 81.9. The van der Waals surface area contributed by atoms with Gasteiger partial charge in [0.1, 0.15) is 11.6 Å². The van der Waals surface area contributed by atoms with Crippen molar-refractivity contribution in [3.8, 4) is 0 Å². The van der Waals surface area contributed by atoms with Crippen LogP contribution in [0.25, 0.3) is 21.8 Å². The molecule has 4 aliphatic rings. The van der Waals surface area contributed by atoms with Gasteiger partial charge in [-0.3, -0.25) is 88.2 Å². The molecule has 31 nitrogen and oxygen atoms in total. The van der Waals surface area contributed by atoms with E-state index in [0.29, 0.717) is 46.9 Å². The van der Waals surface area contributed by atoms with Crippen molar-refractivity contribution in [2.75, 3.05) is 34.4 Å². The summed E-state index contributed by atoms with van der Waals surface area (Å²) in [7, 11) is 7.69. The number of rotatable bonds is 24. The first-order valence-corrected chi connectivity index (χ1v) is 44.0. The SMILES string of the molecule is C1=CCC=C1.CC(=O)O.CO.CO.CO.Cc1ccc2c(c1)c(CC(=O)CCCCCCCN)c(C)n2C(=O)c1ccc(Cl)cc1.Cc1ccc2c(c1)c(CC(=O)CCCCCCCNC(=O)C1CCCC1)c(C)n2C(=O)c1ccc(Cl)cc1.O=C(O)C1CCCC1.O=C(O)C1CCCC1.O=C=O.[C-]#[O+].[C-]#[O+].[C-]#[O+].[C-]#[O+].[C-]#[O+].[CH-]=O.[CH-]=O.[CH-]=O.[CH-]=O.[CH-]=O.[CH-]=O.[CH3-].[CH3-].[CH3-].[Cl][Re].[H-].[Li+].[Re].[Re].[Re].c1cc[cH-]c1. The molecule has 139 heavy (non-hydrogen) atoms. The summed E-state index contributed by atoms with van der Waals surface area (Å²) in [5.41, 5.74) is 14.1. The molecule has 3 radical (unpaired) electrons. The van der Waals surface area contributed by atoms with Gasteiger partial charge in [-0.15, -0.1) is 0 Å². The molecule has 2 aromatic heterocycles. The number of nitrogens with one attached hydrogen (secondary N) is 1. The van der Waals surface area contributed by atoms with Crippen molar-refractivity contribution in [3.05, 3.63) is 250 Å². The Morgan fingerprint density at radius 2 is 0.727 bits per heavy atom. The summed E-state index contributed by atoms with van der Waals surface area (Å²) in [5.74, 6) is -1.42. The second-order valence-corrected chi connectivity index (χ2v) is 27.2. The fourth-order valence-electron chi connectivity index (χ4n) is 12.8. The van der Waals surface area contributed by atoms with Crippen molar-refractivity contribution >= 4 is 149 Å². The van der Waals surface area contributed by atoms with E-state index in [-0.39, 0.29) is 157 Å². The summed E-state index contributed by atoms with van der Waals surface area (Å²) in [6.07, 6.45) is 34.3. The summed E-state index contributed by atoms with van der Waals surface area (Å²) in [6.45, 7) is 52.5. The number of carboxylic acid groups (broad SMARTS) is 3. The monoisotopic (exact) mass is 2680 g/mol. The van der Waals surface area contributed by atoms with Crippen LogP contribution in [-0.4, -0.2) is 168 Å². The molecule has 9 N–H and O–H groups in total. The third-order valence-electron chi connectivity index (χ3n) is 18.3. The minimum absolute atomic E-state index is 0. The van der Waals surface area contributed by atoms with Gasteiger partial charge in [0.2, 0.25) is 5.91 Å². The summed E-state index contributed by atoms with van der Waals surface area (Å²) in [5, 5.41) is 51.5. The number of aryl methyl sites for hydroxylation is 2. The van der Waals surface area contributed by atoms with Crippen molar-refractivity contribution in [1.82, 2.24) is 14.5 Å². The van der Waals surface area contributed by atoms with Gasteiger partial charge in [0.05, 0.1) is 22.9 Å². The number of carbonyl (C=O) groups is 8. The topological polar surface area (TPSA) is 542 Å². The number of ketones is 2. The van der Waals surface area contributed by atoms with Gasteiger partial charge in [0, 0.05) is 171 Å². The molecule has 0 saturated heterocycles. The molecule has 7 aromatic rings. The van der Waals surface area contributed by atoms with Gasteiger partial charge in [-0.05, 0) is 189 Å². The maximum absolute atomic E-state index is 13.4. The molecule has 0 atom stereocenters. The van der Waals surface area contributed by atoms with Crippen LogP contribution < -0.4 is 29.9 Å². The van der Waals surface area contributed by atoms with Crippen LogP contribution in [0.2, 0.25) is 10.0 Å². The number of hydrogen-bond acceptors (Lipinski definition) is 20. The van der Waals surface area contributed by atoms with E-state index >= 15 is 0 Å². The van der Waals surface area contributed by atoms with Crippen molar-refractivity contribution < 1.29 is 230 Å². The van der Waals surface area contributed by atoms with Crippen molar-refractivity contribution in [1.29, 1.82) is 0 Å². The largest absolute Gasteiger partial charge is 1.00 e. The number of carboxylic acids is 3. The van der Waals surface area contributed by atoms with Crippen LogP contribution in [0.5, 0.6) is 0 Å². The molecule has 0 aliphatic heterocycles. The number of nitrogens with two attached hydrogens (primary N) is 1. The van der Waals surface area contributed by atoms with Gasteiger partial charge in [0.15, 0.2) is 0 Å². The third-order valence-corrected chi connectivity index (χ3v) is 18.8. The number of hydrogen-bond donors (Lipinski definition) is 8. The van der Waals surface area contributed by atoms with Crippen molar-refractivity contribution in [2.45, 2.75) is 208 Å². The van der Waals surface area contributed by atoms with Crippen molar-refractivity contribution in [2.24, 2.45) is 23.5 Å². The van der Waals surface area contributed by atoms with Crippen LogP contribution in [0, 0.1) is 101 Å². The quantitative estimate of drug-likeness (QED) is 0.00915. The fraction of sp³-hybridized carbons (Fsp3) is 0.400. The molecule has 3 fully saturated rings. The zero-order valence-corrected chi connectivity index (χ0v) is 94.0. The Balaban J connectivity index is -0.0000000697. The summed E-state index contributed by atoms with van der Waals surface area (Å²) in [4.78, 5) is 157. The predicted molar refractivity (Wildman–Crippen MR) is 515 cm³/mol. The van der Waals surface area contributed by atoms with E-state index in [4.69, 9.17) is 136 Å². The Morgan fingerprint density at radius 1 is 0.468 bits per heavy atom. The molecular weight excluding hydrogens is 2550 g/mol. The first-order chi connectivity index (χ1) is 64.0. The number of aliphatic hydroxyl groups is 3. The number of Topliss-reactive ketones (excluding diaryl/α,β-unsaturated/α-hetero) is 2. The van der Waals surface area contributed by atoms with Gasteiger partial charge in [-0.1, -0.05) is 148 Å². The van der Waals surface area contributed by atoms with E-state index in [0.717, 1.165) is 232 Å². The number of aromatic nitrogens is 2. The maximum atomic E-state index is 13.4. The van der Waals surface area contributed by atoms with Gasteiger partial charge in [0.25, 0.3) is 17.8 Å². The molecule has 11 rings (SSSR count). The molecule has 1 amide bonds. The summed E-state index contributed by atoms with van der Waals surface area (Å²) in [6, 6.07) is 35.9. The minimum atomic E-state index is -0.833. The number of carbonyl (C=O) groups excluding carboxylic acids is 13. The number of benzene rings is 4. The molecule has 39 heteroatoms. The fourth-order valence-corrected chi connectivity index (χ4v) is 13.0. The van der Waals surface area contributed by atoms with Crippen molar-refractivity contribution in [3.63, 3.8) is 0 Å². The van der Waals surface area contributed by atoms with E-state index in [1.165, 1.54) is 31.0 Å². The Kier molecular flexibility index (Phi) is 169. The molecule has 5 aromatic carbocycles. The normalized spacial score (nSPS) is 10.3. The first-order valence-electron chi connectivity index (χ1n) is 39.9. The molecule has 0 unspecified atom stereocenters. The second-order valence-electron chi connectivity index (χ2n) is 26.3. The smallest absolute Gasteiger partial charge is 1.00 e. The summed E-state index contributed by atoms with van der Waals surface area (Å²) < 4.78 is 41.0.